The normalized spacial score (nSPS) is 11.4. The Kier molecular flexibility index (Phi) is 4.15. The number of imidazole rings is 1. The van der Waals surface area contributed by atoms with Crippen LogP contribution in [0.25, 0.3) is 11.0 Å². The molecule has 0 aliphatic heterocycles. The highest BCUT2D eigenvalue weighted by Crippen LogP contribution is 2.26. The maximum absolute atomic E-state index is 13.9. The maximum atomic E-state index is 13.9. The minimum Gasteiger partial charge on any atom is -0.322 e. The number of hydrogen-bond donors (Lipinski definition) is 0. The van der Waals surface area contributed by atoms with Crippen molar-refractivity contribution in [2.24, 2.45) is 0 Å². The van der Waals surface area contributed by atoms with Crippen molar-refractivity contribution in [2.75, 3.05) is 5.88 Å². The molecule has 0 aliphatic rings. The van der Waals surface area contributed by atoms with Crippen molar-refractivity contribution in [3.8, 4) is 0 Å². The first-order chi connectivity index (χ1) is 10.1. The molecule has 7 heteroatoms. The number of aryl methyl sites for hydroxylation is 1. The van der Waals surface area contributed by atoms with Crippen LogP contribution in [0.1, 0.15) is 10.7 Å². The zero-order valence-corrected chi connectivity index (χ0v) is 13.1. The SMILES string of the molecule is Fc1cc(F)c2nc(CCCl)n(Cc3ccc(Cl)s3)c2c1. The Morgan fingerprint density at radius 1 is 1.24 bits per heavy atom. The quantitative estimate of drug-likeness (QED) is 0.617. The van der Waals surface area contributed by atoms with E-state index in [0.717, 1.165) is 10.9 Å². The van der Waals surface area contributed by atoms with Gasteiger partial charge in [-0.2, -0.15) is 0 Å². The zero-order chi connectivity index (χ0) is 15.0. The van der Waals surface area contributed by atoms with Crippen LogP contribution in [-0.2, 0) is 13.0 Å². The second-order valence-electron chi connectivity index (χ2n) is 4.51. The molecule has 2 aromatic heterocycles. The molecule has 0 bridgehead atoms. The molecule has 0 radical (unpaired) electrons. The predicted molar refractivity (Wildman–Crippen MR) is 82.5 cm³/mol. The summed E-state index contributed by atoms with van der Waals surface area (Å²) in [5.74, 6) is -0.292. The smallest absolute Gasteiger partial charge is 0.153 e. The van der Waals surface area contributed by atoms with E-state index in [4.69, 9.17) is 23.2 Å². The van der Waals surface area contributed by atoms with Gasteiger partial charge in [-0.05, 0) is 18.2 Å². The van der Waals surface area contributed by atoms with Gasteiger partial charge >= 0.3 is 0 Å². The summed E-state index contributed by atoms with van der Waals surface area (Å²) >= 11 is 13.1. The van der Waals surface area contributed by atoms with Gasteiger partial charge in [0.15, 0.2) is 5.82 Å². The second-order valence-corrected chi connectivity index (χ2v) is 6.69. The van der Waals surface area contributed by atoms with Crippen LogP contribution in [0, 0.1) is 11.6 Å². The van der Waals surface area contributed by atoms with E-state index in [2.05, 4.69) is 4.98 Å². The van der Waals surface area contributed by atoms with E-state index in [-0.39, 0.29) is 5.52 Å². The molecule has 0 fully saturated rings. The molecule has 110 valence electrons. The highest BCUT2D eigenvalue weighted by Gasteiger charge is 2.16. The molecule has 3 aromatic rings. The van der Waals surface area contributed by atoms with Crippen LogP contribution in [0.15, 0.2) is 24.3 Å². The van der Waals surface area contributed by atoms with Crippen molar-refractivity contribution in [3.63, 3.8) is 0 Å². The molecule has 0 amide bonds. The fraction of sp³-hybridized carbons (Fsp3) is 0.214. The largest absolute Gasteiger partial charge is 0.322 e. The molecule has 0 aliphatic carbocycles. The van der Waals surface area contributed by atoms with Crippen molar-refractivity contribution in [1.82, 2.24) is 9.55 Å². The lowest BCUT2D eigenvalue weighted by molar-refractivity contribution is 0.590. The maximum Gasteiger partial charge on any atom is 0.153 e. The summed E-state index contributed by atoms with van der Waals surface area (Å²) in [5.41, 5.74) is 0.594. The number of aromatic nitrogens is 2. The van der Waals surface area contributed by atoms with Gasteiger partial charge in [-0.15, -0.1) is 22.9 Å². The third-order valence-corrected chi connectivity index (χ3v) is 4.52. The van der Waals surface area contributed by atoms with Crippen LogP contribution in [0.2, 0.25) is 4.34 Å². The summed E-state index contributed by atoms with van der Waals surface area (Å²) in [4.78, 5) is 5.24. The number of rotatable bonds is 4. The van der Waals surface area contributed by atoms with Gasteiger partial charge < -0.3 is 4.57 Å². The average Bonchev–Trinajstić information content (AvgIpc) is 2.97. The molecule has 0 saturated carbocycles. The van der Waals surface area contributed by atoms with Gasteiger partial charge in [0.1, 0.15) is 17.2 Å². The lowest BCUT2D eigenvalue weighted by Crippen LogP contribution is -2.05. The molecule has 21 heavy (non-hydrogen) atoms. The van der Waals surface area contributed by atoms with Crippen molar-refractivity contribution < 1.29 is 8.78 Å². The van der Waals surface area contributed by atoms with Crippen LogP contribution in [0.5, 0.6) is 0 Å². The Morgan fingerprint density at radius 2 is 2.05 bits per heavy atom. The standard InChI is InChI=1S/C14H10Cl2F2N2S/c15-4-3-13-19-14-10(18)5-8(17)6-11(14)20(13)7-9-1-2-12(16)21-9/h1-2,5-6H,3-4,7H2. The van der Waals surface area contributed by atoms with Crippen LogP contribution in [-0.4, -0.2) is 15.4 Å². The van der Waals surface area contributed by atoms with Crippen molar-refractivity contribution in [1.29, 1.82) is 0 Å². The summed E-state index contributed by atoms with van der Waals surface area (Å²) in [6.45, 7) is 0.461. The third kappa shape index (κ3) is 2.91. The monoisotopic (exact) mass is 346 g/mol. The number of fused-ring (bicyclic) bond motifs is 1. The number of alkyl halides is 1. The van der Waals surface area contributed by atoms with E-state index in [1.807, 2.05) is 6.07 Å². The van der Waals surface area contributed by atoms with Crippen molar-refractivity contribution in [2.45, 2.75) is 13.0 Å². The highest BCUT2D eigenvalue weighted by atomic mass is 35.5. The number of thiophene rings is 1. The second kappa shape index (κ2) is 5.91. The van der Waals surface area contributed by atoms with Crippen LogP contribution < -0.4 is 0 Å². The van der Waals surface area contributed by atoms with Gasteiger partial charge in [0.05, 0.1) is 16.4 Å². The Labute approximate surface area is 133 Å². The van der Waals surface area contributed by atoms with Gasteiger partial charge in [-0.25, -0.2) is 13.8 Å². The topological polar surface area (TPSA) is 17.8 Å². The Hall–Kier alpha value is -1.17. The van der Waals surface area contributed by atoms with Gasteiger partial charge in [-0.1, -0.05) is 11.6 Å². The summed E-state index contributed by atoms with van der Waals surface area (Å²) < 4.78 is 29.8. The minimum atomic E-state index is -0.663. The van der Waals surface area contributed by atoms with Crippen molar-refractivity contribution >= 4 is 45.6 Å². The molecule has 2 heterocycles. The van der Waals surface area contributed by atoms with E-state index >= 15 is 0 Å². The minimum absolute atomic E-state index is 0.166. The molecular weight excluding hydrogens is 337 g/mol. The van der Waals surface area contributed by atoms with Crippen molar-refractivity contribution in [3.05, 3.63) is 50.9 Å². The number of nitrogens with zero attached hydrogens (tertiary/aromatic N) is 2. The zero-order valence-electron chi connectivity index (χ0n) is 10.7. The fourth-order valence-electron chi connectivity index (χ4n) is 2.24. The van der Waals surface area contributed by atoms with E-state index in [0.29, 0.717) is 34.5 Å². The Morgan fingerprint density at radius 3 is 2.71 bits per heavy atom. The first-order valence-corrected chi connectivity index (χ1v) is 7.95. The molecule has 0 unspecified atom stereocenters. The molecule has 3 rings (SSSR count). The summed E-state index contributed by atoms with van der Waals surface area (Å²) in [6, 6.07) is 5.81. The lowest BCUT2D eigenvalue weighted by Gasteiger charge is -2.07. The molecule has 0 atom stereocenters. The first-order valence-electron chi connectivity index (χ1n) is 6.23. The summed E-state index contributed by atoms with van der Waals surface area (Å²) in [6.07, 6.45) is 0.483. The Balaban J connectivity index is 2.15. The molecule has 2 nitrogen and oxygen atoms in total. The van der Waals surface area contributed by atoms with Gasteiger partial charge in [0.25, 0.3) is 0 Å². The number of hydrogen-bond acceptors (Lipinski definition) is 2. The average molecular weight is 347 g/mol. The van der Waals surface area contributed by atoms with E-state index in [1.54, 1.807) is 10.6 Å². The highest BCUT2D eigenvalue weighted by molar-refractivity contribution is 7.16. The van der Waals surface area contributed by atoms with Crippen LogP contribution in [0.3, 0.4) is 0 Å². The summed E-state index contributed by atoms with van der Waals surface area (Å²) in [7, 11) is 0. The van der Waals surface area contributed by atoms with Crippen LogP contribution in [0.4, 0.5) is 8.78 Å². The molecule has 0 spiro atoms. The number of halogens is 4. The fourth-order valence-corrected chi connectivity index (χ4v) is 3.49. The van der Waals surface area contributed by atoms with E-state index in [1.165, 1.54) is 17.4 Å². The summed E-state index contributed by atoms with van der Waals surface area (Å²) in [5, 5.41) is 0. The molecule has 0 saturated heterocycles. The van der Waals surface area contributed by atoms with Gasteiger partial charge in [-0.3, -0.25) is 0 Å². The molecule has 1 aromatic carbocycles. The van der Waals surface area contributed by atoms with Gasteiger partial charge in [0.2, 0.25) is 0 Å². The first kappa shape index (κ1) is 14.8. The lowest BCUT2D eigenvalue weighted by atomic mass is 10.3. The van der Waals surface area contributed by atoms with E-state index in [9.17, 15) is 8.78 Å². The predicted octanol–water partition coefficient (Wildman–Crippen LogP) is 4.86. The Bertz CT molecular complexity index is 798. The number of benzene rings is 1. The molecular formula is C14H10Cl2F2N2S. The third-order valence-electron chi connectivity index (χ3n) is 3.11. The van der Waals surface area contributed by atoms with Gasteiger partial charge in [0, 0.05) is 23.2 Å². The van der Waals surface area contributed by atoms with E-state index < -0.39 is 11.6 Å². The van der Waals surface area contributed by atoms with Crippen LogP contribution >= 0.6 is 34.5 Å². The molecule has 0 N–H and O–H groups in total.